The van der Waals surface area contributed by atoms with E-state index in [0.717, 1.165) is 13.3 Å². The maximum absolute atomic E-state index is 14.6. The minimum absolute atomic E-state index is 0.0352. The summed E-state index contributed by atoms with van der Waals surface area (Å²) in [5, 5.41) is 61.8. The Bertz CT molecular complexity index is 2690. The average Bonchev–Trinajstić information content (AvgIpc) is 1.59. The largest absolute Gasteiger partial charge is 0.481 e. The molecule has 0 aromatic rings. The summed E-state index contributed by atoms with van der Waals surface area (Å²) in [6.07, 6.45) is 0.173. The van der Waals surface area contributed by atoms with Gasteiger partial charge in [-0.2, -0.15) is 0 Å². The van der Waals surface area contributed by atoms with Gasteiger partial charge in [-0.05, 0) is 128 Å². The second-order valence-electron chi connectivity index (χ2n) is 24.9. The quantitative estimate of drug-likeness (QED) is 0.0270. The molecule has 3 aliphatic rings. The highest BCUT2D eigenvalue weighted by Crippen LogP contribution is 2.24. The Labute approximate surface area is 546 Å². The summed E-state index contributed by atoms with van der Waals surface area (Å²) in [7, 11) is 0. The molecule has 3 aliphatic heterocycles. The van der Waals surface area contributed by atoms with Gasteiger partial charge in [-0.3, -0.25) is 71.9 Å². The summed E-state index contributed by atoms with van der Waals surface area (Å²) in [6, 6.07) is -15.0. The molecule has 0 bridgehead atoms. The smallest absolute Gasteiger partial charge is 0.326 e. The van der Waals surface area contributed by atoms with E-state index >= 15 is 0 Å². The van der Waals surface area contributed by atoms with E-state index in [0.29, 0.717) is 32.2 Å². The summed E-state index contributed by atoms with van der Waals surface area (Å²) >= 11 is 0. The van der Waals surface area contributed by atoms with Gasteiger partial charge in [0.15, 0.2) is 0 Å². The molecule has 0 radical (unpaired) electrons. The molecule has 0 aliphatic carbocycles. The van der Waals surface area contributed by atoms with Crippen LogP contribution in [0.15, 0.2) is 0 Å². The number of aliphatic carboxylic acids is 4. The second-order valence-corrected chi connectivity index (χ2v) is 24.9. The number of nitrogens with two attached hydrogens (primary N) is 2. The normalized spacial score (nSPS) is 18.8. The number of carboxylic acid groups (broad SMARTS) is 4. The van der Waals surface area contributed by atoms with Crippen molar-refractivity contribution in [2.75, 3.05) is 26.2 Å². The summed E-state index contributed by atoms with van der Waals surface area (Å²) in [6.45, 7) is 15.0. The Balaban J connectivity index is 0.00000729. The number of unbranched alkanes of at least 4 members (excludes halogenated alkanes) is 1. The second kappa shape index (κ2) is 40.5. The van der Waals surface area contributed by atoms with Crippen LogP contribution in [0.2, 0.25) is 0 Å². The van der Waals surface area contributed by atoms with Gasteiger partial charge in [-0.25, -0.2) is 4.79 Å². The van der Waals surface area contributed by atoms with Crippen LogP contribution in [0.1, 0.15) is 165 Å². The number of nitrogens with zero attached hydrogens (tertiary/aromatic N) is 2. The topological polar surface area (TPSA) is 533 Å². The number of carbonyl (C=O) groups is 16. The zero-order valence-corrected chi connectivity index (χ0v) is 55.2. The van der Waals surface area contributed by atoms with Gasteiger partial charge in [0, 0.05) is 39.3 Å². The van der Waals surface area contributed by atoms with Crippen molar-refractivity contribution in [3.8, 4) is 0 Å². The Hall–Kier alpha value is -8.56. The van der Waals surface area contributed by atoms with Crippen LogP contribution >= 0.6 is 0 Å². The van der Waals surface area contributed by atoms with Crippen LogP contribution in [0.5, 0.6) is 0 Å². The Kier molecular flexibility index (Phi) is 35.2. The molecular weight excluding hydrogens is 1240 g/mol. The van der Waals surface area contributed by atoms with E-state index in [1.165, 1.54) is 23.6 Å². The van der Waals surface area contributed by atoms with Crippen molar-refractivity contribution in [2.45, 2.75) is 238 Å². The molecule has 94 heavy (non-hydrogen) atoms. The molecule has 18 N–H and O–H groups in total. The van der Waals surface area contributed by atoms with Crippen LogP contribution in [0.25, 0.3) is 0 Å². The lowest BCUT2D eigenvalue weighted by molar-refractivity contribution is -0.145. The first-order chi connectivity index (χ1) is 44.0. The third kappa shape index (κ3) is 28.0. The highest BCUT2D eigenvalue weighted by molar-refractivity contribution is 6.00. The van der Waals surface area contributed by atoms with Crippen LogP contribution in [0.3, 0.4) is 0 Å². The van der Waals surface area contributed by atoms with E-state index in [1.807, 2.05) is 0 Å². The highest BCUT2D eigenvalue weighted by atomic mass is 16.4. The van der Waals surface area contributed by atoms with Crippen molar-refractivity contribution in [2.24, 2.45) is 29.2 Å². The number of primary amides is 1. The van der Waals surface area contributed by atoms with Gasteiger partial charge < -0.3 is 94.9 Å². The fraction of sp³-hybridized carbons (Fsp3) is 0.733. The molecule has 0 spiro atoms. The van der Waals surface area contributed by atoms with Gasteiger partial charge in [-0.15, -0.1) is 0 Å². The Morgan fingerprint density at radius 2 is 0.926 bits per heavy atom. The predicted molar refractivity (Wildman–Crippen MR) is 334 cm³/mol. The molecule has 0 saturated carbocycles. The van der Waals surface area contributed by atoms with Crippen LogP contribution in [0, 0.1) is 17.8 Å². The lowest BCUT2D eigenvalue weighted by Gasteiger charge is -2.33. The maximum Gasteiger partial charge on any atom is 0.326 e. The number of nitrogens with one attached hydrogen (secondary N) is 10. The van der Waals surface area contributed by atoms with E-state index in [-0.39, 0.29) is 70.0 Å². The maximum atomic E-state index is 14.6. The molecule has 12 atom stereocenters. The summed E-state index contributed by atoms with van der Waals surface area (Å²) in [5.74, 6) is -15.7. The number of rotatable bonds is 38. The Morgan fingerprint density at radius 3 is 1.41 bits per heavy atom. The van der Waals surface area contributed by atoms with E-state index in [4.69, 9.17) is 26.5 Å². The van der Waals surface area contributed by atoms with Crippen LogP contribution in [-0.4, -0.2) is 224 Å². The first-order valence-electron chi connectivity index (χ1n) is 31.9. The van der Waals surface area contributed by atoms with Crippen molar-refractivity contribution in [3.05, 3.63) is 0 Å². The SMILES string of the molecule is CC(=O)O.CC(C)C[C@H](NC(=O)[C@@H]1CCCN1C(=O)[C@@H](NC(=O)[C@@H]1CCCN1C(=O)[C@H](CCC(=O)O)NC(=O)[C@H](C)NC(=O)[C@H](C)NC(=O)[C@@H]1CCCN1)C(C)C)C(=O)N[C@H](C(=O)N[C@@H](CCCCN)C(=O)N[C@@H](CCC(N)=O)C(=O)N[C@@H](CCC(=O)O)C(=O)O)C(C)C. The minimum Gasteiger partial charge on any atom is -0.481 e. The number of carbonyl (C=O) groups excluding carboxylic acids is 12. The van der Waals surface area contributed by atoms with E-state index in [9.17, 15) is 82.1 Å². The summed E-state index contributed by atoms with van der Waals surface area (Å²) in [4.78, 5) is 210. The van der Waals surface area contributed by atoms with Crippen molar-refractivity contribution >= 4 is 94.8 Å². The third-order valence-electron chi connectivity index (χ3n) is 15.8. The fourth-order valence-electron chi connectivity index (χ4n) is 10.7. The summed E-state index contributed by atoms with van der Waals surface area (Å²) < 4.78 is 0. The standard InChI is InChI=1S/C58H96N14O18.C2H4O2/c1-29(2)28-39(52(83)69-45(30(3)4)55(86)65-35(14-9-10-24-59)50(81)64-36(18-21-42(60)73)51(82)67-38(58(89)90)20-23-44(76)77)68-53(84)40-16-13-27-72(40)57(88)46(31(5)6)70-54(85)41-17-12-26-71(41)56(87)37(19-22-43(74)75)66-48(79)33(8)62-47(78)32(7)63-49(80)34-15-11-25-61-34;1-2(3)4/h29-41,45-46,61H,9-28,59H2,1-8H3,(H2,60,73)(H,62,78)(H,63,80)(H,64,81)(H,65,86)(H,66,79)(H,67,82)(H,68,84)(H,69,83)(H,70,85)(H,74,75)(H,76,77)(H,89,90);1H3,(H,3,4)/t32-,33-,34-,35-,36-,37-,38-,39-,40-,41-,45-,46-;/m0./s1. The average molecular weight is 1340 g/mol. The molecule has 12 amide bonds. The molecule has 0 aromatic carbocycles. The molecule has 3 heterocycles. The van der Waals surface area contributed by atoms with Gasteiger partial charge in [0.1, 0.15) is 66.5 Å². The first kappa shape index (κ1) is 81.5. The molecule has 0 unspecified atom stereocenters. The number of amides is 12. The lowest BCUT2D eigenvalue weighted by Crippen LogP contribution is -2.61. The van der Waals surface area contributed by atoms with Crippen LogP contribution in [0.4, 0.5) is 0 Å². The molecule has 34 nitrogen and oxygen atoms in total. The van der Waals surface area contributed by atoms with Gasteiger partial charge >= 0.3 is 17.9 Å². The number of hydrogen-bond acceptors (Lipinski definition) is 18. The van der Waals surface area contributed by atoms with Crippen LogP contribution < -0.4 is 64.6 Å². The van der Waals surface area contributed by atoms with E-state index in [2.05, 4.69) is 53.2 Å². The highest BCUT2D eigenvalue weighted by Gasteiger charge is 2.44. The van der Waals surface area contributed by atoms with Gasteiger partial charge in [0.2, 0.25) is 70.9 Å². The molecule has 530 valence electrons. The monoisotopic (exact) mass is 1340 g/mol. The fourth-order valence-corrected chi connectivity index (χ4v) is 10.7. The number of likely N-dealkylation sites (tertiary alicyclic amines) is 2. The first-order valence-corrected chi connectivity index (χ1v) is 31.9. The molecule has 3 fully saturated rings. The minimum atomic E-state index is -1.68. The molecular formula is C60H100N14O20. The van der Waals surface area contributed by atoms with Crippen molar-refractivity contribution in [1.82, 2.24) is 63.0 Å². The molecule has 3 saturated heterocycles. The third-order valence-corrected chi connectivity index (χ3v) is 15.8. The molecule has 34 heteroatoms. The van der Waals surface area contributed by atoms with Crippen molar-refractivity contribution < 1.29 is 97.1 Å². The number of hydrogen-bond donors (Lipinski definition) is 16. The zero-order valence-electron chi connectivity index (χ0n) is 55.2. The molecule has 3 rings (SSSR count). The molecule has 0 aromatic heterocycles. The Morgan fingerprint density at radius 1 is 0.468 bits per heavy atom. The van der Waals surface area contributed by atoms with E-state index in [1.54, 1.807) is 41.5 Å². The summed E-state index contributed by atoms with van der Waals surface area (Å²) in [5.41, 5.74) is 11.0. The van der Waals surface area contributed by atoms with E-state index < -0.39 is 205 Å². The van der Waals surface area contributed by atoms with Crippen molar-refractivity contribution in [3.63, 3.8) is 0 Å². The van der Waals surface area contributed by atoms with Gasteiger partial charge in [-0.1, -0.05) is 41.5 Å². The number of carboxylic acids is 4. The van der Waals surface area contributed by atoms with Gasteiger partial charge in [0.25, 0.3) is 5.97 Å². The van der Waals surface area contributed by atoms with Crippen LogP contribution in [-0.2, 0) is 76.7 Å². The van der Waals surface area contributed by atoms with Gasteiger partial charge in [0.05, 0.1) is 6.04 Å². The lowest BCUT2D eigenvalue weighted by atomic mass is 9.98. The zero-order chi connectivity index (χ0) is 71.3. The van der Waals surface area contributed by atoms with Crippen molar-refractivity contribution in [1.29, 1.82) is 0 Å². The predicted octanol–water partition coefficient (Wildman–Crippen LogP) is -3.22.